The van der Waals surface area contributed by atoms with Crippen LogP contribution in [-0.2, 0) is 9.59 Å². The number of rotatable bonds is 5. The lowest BCUT2D eigenvalue weighted by Gasteiger charge is -2.19. The van der Waals surface area contributed by atoms with E-state index < -0.39 is 24.1 Å². The van der Waals surface area contributed by atoms with Gasteiger partial charge in [-0.25, -0.2) is 9.59 Å². The molecule has 0 aromatic carbocycles. The Bertz CT molecular complexity index is 304. The zero-order chi connectivity index (χ0) is 13.6. The smallest absolute Gasteiger partial charge is 0.326 e. The predicted molar refractivity (Wildman–Crippen MR) is 61.5 cm³/mol. The molecule has 0 spiro atoms. The van der Waals surface area contributed by atoms with Crippen molar-refractivity contribution in [1.29, 1.82) is 0 Å². The van der Waals surface area contributed by atoms with Crippen molar-refractivity contribution in [3.05, 3.63) is 0 Å². The number of hydrogen-bond acceptors (Lipinski definition) is 3. The van der Waals surface area contributed by atoms with Gasteiger partial charge in [-0.1, -0.05) is 6.92 Å². The summed E-state index contributed by atoms with van der Waals surface area (Å²) >= 11 is 0. The van der Waals surface area contributed by atoms with E-state index in [1.807, 2.05) is 0 Å². The lowest BCUT2D eigenvalue weighted by molar-refractivity contribution is -0.139. The van der Waals surface area contributed by atoms with Gasteiger partial charge in [-0.2, -0.15) is 0 Å². The van der Waals surface area contributed by atoms with E-state index in [9.17, 15) is 14.4 Å². The maximum atomic E-state index is 11.4. The van der Waals surface area contributed by atoms with Crippen molar-refractivity contribution in [1.82, 2.24) is 15.5 Å². The zero-order valence-corrected chi connectivity index (χ0v) is 10.5. The number of carbonyl (C=O) groups is 3. The number of nitrogens with zero attached hydrogens (tertiary/aromatic N) is 1. The molecular weight excluding hydrogens is 226 g/mol. The second-order valence-electron chi connectivity index (χ2n) is 3.87. The number of hydrogen-bond donors (Lipinski definition) is 3. The zero-order valence-electron chi connectivity index (χ0n) is 10.5. The molecule has 0 aliphatic carbocycles. The van der Waals surface area contributed by atoms with Gasteiger partial charge in [0, 0.05) is 14.1 Å². The van der Waals surface area contributed by atoms with Crippen LogP contribution in [0.25, 0.3) is 0 Å². The number of carbonyl (C=O) groups excluding carboxylic acids is 2. The Morgan fingerprint density at radius 3 is 2.12 bits per heavy atom. The van der Waals surface area contributed by atoms with Crippen molar-refractivity contribution in [2.24, 2.45) is 0 Å². The molecule has 3 amide bonds. The summed E-state index contributed by atoms with van der Waals surface area (Å²) in [5.41, 5.74) is 0. The summed E-state index contributed by atoms with van der Waals surface area (Å²) in [5, 5.41) is 13.4. The summed E-state index contributed by atoms with van der Waals surface area (Å²) < 4.78 is 0. The van der Waals surface area contributed by atoms with Gasteiger partial charge in [-0.15, -0.1) is 0 Å². The molecule has 3 N–H and O–H groups in total. The Morgan fingerprint density at radius 2 is 1.76 bits per heavy atom. The van der Waals surface area contributed by atoms with Crippen LogP contribution in [0.2, 0.25) is 0 Å². The van der Waals surface area contributed by atoms with Gasteiger partial charge in [0.2, 0.25) is 5.91 Å². The summed E-state index contributed by atoms with van der Waals surface area (Å²) in [6, 6.07) is -2.31. The van der Waals surface area contributed by atoms with E-state index in [0.717, 1.165) is 0 Å². The van der Waals surface area contributed by atoms with E-state index >= 15 is 0 Å². The van der Waals surface area contributed by atoms with E-state index in [-0.39, 0.29) is 12.3 Å². The second-order valence-corrected chi connectivity index (χ2v) is 3.87. The second kappa shape index (κ2) is 6.72. The fraction of sp³-hybridized carbons (Fsp3) is 0.700. The third-order valence-corrected chi connectivity index (χ3v) is 2.17. The van der Waals surface area contributed by atoms with Crippen molar-refractivity contribution in [3.8, 4) is 0 Å². The molecule has 2 unspecified atom stereocenters. The molecule has 0 saturated heterocycles. The van der Waals surface area contributed by atoms with E-state index in [2.05, 4.69) is 10.6 Å². The SMILES string of the molecule is CCC(NC(=O)NC(C)C(=O)N(C)C)C(=O)O. The van der Waals surface area contributed by atoms with Gasteiger partial charge in [-0.3, -0.25) is 4.79 Å². The van der Waals surface area contributed by atoms with Crippen LogP contribution in [0.4, 0.5) is 4.79 Å². The molecule has 0 fully saturated rings. The van der Waals surface area contributed by atoms with Crippen LogP contribution in [0.5, 0.6) is 0 Å². The minimum absolute atomic E-state index is 0.261. The van der Waals surface area contributed by atoms with Gasteiger partial charge >= 0.3 is 12.0 Å². The molecule has 0 radical (unpaired) electrons. The summed E-state index contributed by atoms with van der Waals surface area (Å²) in [6.07, 6.45) is 0.277. The number of carboxylic acid groups (broad SMARTS) is 1. The van der Waals surface area contributed by atoms with Crippen LogP contribution in [-0.4, -0.2) is 54.1 Å². The Balaban J connectivity index is 4.27. The van der Waals surface area contributed by atoms with Gasteiger partial charge in [0.25, 0.3) is 0 Å². The molecule has 2 atom stereocenters. The number of carboxylic acids is 1. The summed E-state index contributed by atoms with van der Waals surface area (Å²) in [6.45, 7) is 3.18. The molecule has 0 aromatic heterocycles. The molecule has 98 valence electrons. The minimum atomic E-state index is -1.10. The van der Waals surface area contributed by atoms with Gasteiger partial charge in [0.05, 0.1) is 0 Å². The molecule has 0 aliphatic rings. The highest BCUT2D eigenvalue weighted by molar-refractivity contribution is 5.88. The van der Waals surface area contributed by atoms with Crippen molar-refractivity contribution in [3.63, 3.8) is 0 Å². The van der Waals surface area contributed by atoms with Crippen LogP contribution < -0.4 is 10.6 Å². The maximum Gasteiger partial charge on any atom is 0.326 e. The number of likely N-dealkylation sites (N-methyl/N-ethyl adjacent to an activating group) is 1. The van der Waals surface area contributed by atoms with Crippen molar-refractivity contribution in [2.75, 3.05) is 14.1 Å². The summed E-state index contributed by atoms with van der Waals surface area (Å²) in [5.74, 6) is -1.36. The first kappa shape index (κ1) is 15.2. The molecule has 0 rings (SSSR count). The Hall–Kier alpha value is -1.79. The topological polar surface area (TPSA) is 98.7 Å². The van der Waals surface area contributed by atoms with Crippen LogP contribution >= 0.6 is 0 Å². The molecular formula is C10H19N3O4. The first-order valence-corrected chi connectivity index (χ1v) is 5.30. The van der Waals surface area contributed by atoms with Crippen molar-refractivity contribution in [2.45, 2.75) is 32.4 Å². The highest BCUT2D eigenvalue weighted by Crippen LogP contribution is 1.92. The van der Waals surface area contributed by atoms with E-state index in [4.69, 9.17) is 5.11 Å². The normalized spacial score (nSPS) is 13.4. The molecule has 0 heterocycles. The molecule has 17 heavy (non-hydrogen) atoms. The average Bonchev–Trinajstić information content (AvgIpc) is 2.23. The largest absolute Gasteiger partial charge is 0.480 e. The molecule has 0 bridgehead atoms. The standard InChI is InChI=1S/C10H19N3O4/c1-5-7(9(15)16)12-10(17)11-6(2)8(14)13(3)4/h6-7H,5H2,1-4H3,(H,15,16)(H2,11,12,17). The van der Waals surface area contributed by atoms with E-state index in [1.54, 1.807) is 21.0 Å². The maximum absolute atomic E-state index is 11.4. The number of urea groups is 1. The molecule has 0 aromatic rings. The monoisotopic (exact) mass is 245 g/mol. The molecule has 7 nitrogen and oxygen atoms in total. The van der Waals surface area contributed by atoms with E-state index in [1.165, 1.54) is 11.8 Å². The minimum Gasteiger partial charge on any atom is -0.480 e. The highest BCUT2D eigenvalue weighted by atomic mass is 16.4. The van der Waals surface area contributed by atoms with Gasteiger partial charge < -0.3 is 20.6 Å². The third kappa shape index (κ3) is 5.19. The van der Waals surface area contributed by atoms with Gasteiger partial charge in [0.1, 0.15) is 12.1 Å². The Labute approximate surface area is 100 Å². The number of aliphatic carboxylic acids is 1. The van der Waals surface area contributed by atoms with Crippen LogP contribution in [0.15, 0.2) is 0 Å². The van der Waals surface area contributed by atoms with Crippen LogP contribution in [0, 0.1) is 0 Å². The predicted octanol–water partition coefficient (Wildman–Crippen LogP) is -0.374. The molecule has 0 aliphatic heterocycles. The van der Waals surface area contributed by atoms with Crippen LogP contribution in [0.3, 0.4) is 0 Å². The number of nitrogens with one attached hydrogen (secondary N) is 2. The molecule has 7 heteroatoms. The fourth-order valence-corrected chi connectivity index (χ4v) is 1.18. The highest BCUT2D eigenvalue weighted by Gasteiger charge is 2.21. The average molecular weight is 245 g/mol. The van der Waals surface area contributed by atoms with Crippen molar-refractivity contribution >= 4 is 17.9 Å². The fourth-order valence-electron chi connectivity index (χ4n) is 1.18. The van der Waals surface area contributed by atoms with Crippen molar-refractivity contribution < 1.29 is 19.5 Å². The quantitative estimate of drug-likeness (QED) is 0.615. The molecule has 0 saturated carbocycles. The third-order valence-electron chi connectivity index (χ3n) is 2.17. The first-order valence-electron chi connectivity index (χ1n) is 5.30. The lowest BCUT2D eigenvalue weighted by atomic mass is 10.2. The van der Waals surface area contributed by atoms with Crippen LogP contribution in [0.1, 0.15) is 20.3 Å². The summed E-state index contributed by atoms with van der Waals surface area (Å²) in [7, 11) is 3.15. The lowest BCUT2D eigenvalue weighted by Crippen LogP contribution is -2.51. The van der Waals surface area contributed by atoms with Gasteiger partial charge in [0.15, 0.2) is 0 Å². The van der Waals surface area contributed by atoms with E-state index in [0.29, 0.717) is 0 Å². The first-order chi connectivity index (χ1) is 7.79. The van der Waals surface area contributed by atoms with Gasteiger partial charge in [-0.05, 0) is 13.3 Å². The Morgan fingerprint density at radius 1 is 1.24 bits per heavy atom. The Kier molecular flexibility index (Phi) is 6.01. The number of amides is 3. The summed E-state index contributed by atoms with van der Waals surface area (Å²) in [4.78, 5) is 34.9.